The van der Waals surface area contributed by atoms with Crippen LogP contribution in [0.5, 0.6) is 0 Å². The number of esters is 1. The Balaban J connectivity index is 1.44. The van der Waals surface area contributed by atoms with E-state index >= 15 is 0 Å². The van der Waals surface area contributed by atoms with Crippen LogP contribution in [0.3, 0.4) is 0 Å². The van der Waals surface area contributed by atoms with E-state index in [9.17, 15) is 9.59 Å². The summed E-state index contributed by atoms with van der Waals surface area (Å²) in [4.78, 5) is 25.9. The average Bonchev–Trinajstić information content (AvgIpc) is 3.41. The summed E-state index contributed by atoms with van der Waals surface area (Å²) in [5.74, 6) is -2.18. The zero-order chi connectivity index (χ0) is 26.1. The molecule has 0 bridgehead atoms. The number of hydrogen-bond acceptors (Lipinski definition) is 9. The molecule has 1 aromatic carbocycles. The van der Waals surface area contributed by atoms with Crippen LogP contribution in [0.4, 0.5) is 4.79 Å². The van der Waals surface area contributed by atoms with Crippen LogP contribution in [0.1, 0.15) is 53.5 Å². The van der Waals surface area contributed by atoms with E-state index < -0.39 is 60.4 Å². The van der Waals surface area contributed by atoms with Crippen LogP contribution in [0.2, 0.25) is 0 Å². The summed E-state index contributed by atoms with van der Waals surface area (Å²) in [6.07, 6.45) is -3.66. The molecule has 3 saturated heterocycles. The second-order valence-corrected chi connectivity index (χ2v) is 10.7. The normalized spacial score (nSPS) is 31.1. The van der Waals surface area contributed by atoms with Gasteiger partial charge in [0.2, 0.25) is 0 Å². The number of ether oxygens (including phenoxy) is 7. The van der Waals surface area contributed by atoms with Gasteiger partial charge in [-0.2, -0.15) is 0 Å². The minimum absolute atomic E-state index is 0.0908. The van der Waals surface area contributed by atoms with E-state index in [-0.39, 0.29) is 19.1 Å². The van der Waals surface area contributed by atoms with Crippen molar-refractivity contribution in [2.24, 2.45) is 5.92 Å². The molecule has 10 nitrogen and oxygen atoms in total. The lowest BCUT2D eigenvalue weighted by molar-refractivity contribution is -0.235. The number of rotatable bonds is 8. The predicted molar refractivity (Wildman–Crippen MR) is 126 cm³/mol. The topological polar surface area (TPSA) is 111 Å². The number of nitrogens with one attached hydrogen (secondary N) is 1. The molecule has 0 aliphatic carbocycles. The number of fused-ring (bicyclic) bond motifs is 1. The second-order valence-electron chi connectivity index (χ2n) is 10.7. The highest BCUT2D eigenvalue weighted by molar-refractivity contribution is 5.81. The van der Waals surface area contributed by atoms with Crippen LogP contribution in [-0.4, -0.2) is 67.0 Å². The van der Waals surface area contributed by atoms with Gasteiger partial charge in [-0.3, -0.25) is 0 Å². The van der Waals surface area contributed by atoms with Crippen molar-refractivity contribution in [2.75, 3.05) is 6.61 Å². The Morgan fingerprint density at radius 1 is 1.03 bits per heavy atom. The summed E-state index contributed by atoms with van der Waals surface area (Å²) >= 11 is 0. The number of carbonyl (C=O) groups excluding carboxylic acids is 2. The van der Waals surface area contributed by atoms with E-state index in [0.29, 0.717) is 6.42 Å². The highest BCUT2D eigenvalue weighted by Crippen LogP contribution is 2.42. The fraction of sp³-hybridized carbons (Fsp3) is 0.692. The van der Waals surface area contributed by atoms with Gasteiger partial charge in [0, 0.05) is 0 Å². The summed E-state index contributed by atoms with van der Waals surface area (Å²) in [5, 5.41) is 2.66. The molecule has 0 unspecified atom stereocenters. The maximum absolute atomic E-state index is 13.4. The van der Waals surface area contributed by atoms with E-state index in [1.807, 2.05) is 58.0 Å². The fourth-order valence-corrected chi connectivity index (χ4v) is 4.62. The van der Waals surface area contributed by atoms with Gasteiger partial charge in [0.1, 0.15) is 24.9 Å². The Bertz CT molecular complexity index is 919. The molecular formula is C26H37NO9. The molecule has 6 atom stereocenters. The Labute approximate surface area is 211 Å². The molecule has 4 rings (SSSR count). The van der Waals surface area contributed by atoms with Crippen LogP contribution in [-0.2, 0) is 44.6 Å². The van der Waals surface area contributed by atoms with Gasteiger partial charge in [-0.05, 0) is 45.6 Å². The molecule has 10 heteroatoms. The molecule has 0 saturated carbocycles. The van der Waals surface area contributed by atoms with Gasteiger partial charge in [-0.25, -0.2) is 9.59 Å². The molecule has 200 valence electrons. The number of amides is 1. The first-order chi connectivity index (χ1) is 16.9. The first-order valence-corrected chi connectivity index (χ1v) is 12.4. The summed E-state index contributed by atoms with van der Waals surface area (Å²) in [6, 6.07) is 8.39. The molecule has 0 radical (unpaired) electrons. The molecule has 3 aliphatic rings. The number of benzene rings is 1. The van der Waals surface area contributed by atoms with Crippen LogP contribution in [0, 0.1) is 5.92 Å². The van der Waals surface area contributed by atoms with E-state index in [1.54, 1.807) is 13.8 Å². The summed E-state index contributed by atoms with van der Waals surface area (Å²) in [7, 11) is 0. The first kappa shape index (κ1) is 26.8. The first-order valence-electron chi connectivity index (χ1n) is 12.4. The van der Waals surface area contributed by atoms with Gasteiger partial charge in [0.15, 0.2) is 30.1 Å². The van der Waals surface area contributed by atoms with E-state index in [0.717, 1.165) is 5.56 Å². The lowest BCUT2D eigenvalue weighted by Crippen LogP contribution is -2.49. The molecule has 3 aliphatic heterocycles. The second kappa shape index (κ2) is 10.6. The third kappa shape index (κ3) is 6.54. The van der Waals surface area contributed by atoms with Gasteiger partial charge < -0.3 is 38.5 Å². The molecule has 36 heavy (non-hydrogen) atoms. The maximum Gasteiger partial charge on any atom is 0.408 e. The molecular weight excluding hydrogens is 470 g/mol. The third-order valence-corrected chi connectivity index (χ3v) is 6.17. The summed E-state index contributed by atoms with van der Waals surface area (Å²) < 4.78 is 41.0. The highest BCUT2D eigenvalue weighted by Gasteiger charge is 2.60. The maximum atomic E-state index is 13.4. The Kier molecular flexibility index (Phi) is 7.92. The largest absolute Gasteiger partial charge is 0.455 e. The standard InChI is InChI=1S/C26H37NO9/c1-15(2)12-17(27-24(29)30-13-16-10-8-7-9-11-16)22(28)32-20-19(18-14-31-25(3,4)34-18)33-23-21(20)35-26(5,6)36-23/h7-11,15,17-21,23H,12-14H2,1-6H3,(H,27,29)/t17-,18+,19+,20-,21-,23+/m1/s1. The van der Waals surface area contributed by atoms with Crippen molar-refractivity contribution in [2.45, 2.75) is 103 Å². The zero-order valence-electron chi connectivity index (χ0n) is 21.7. The van der Waals surface area contributed by atoms with Gasteiger partial charge in [-0.1, -0.05) is 44.2 Å². The Morgan fingerprint density at radius 2 is 1.75 bits per heavy atom. The van der Waals surface area contributed by atoms with E-state index in [1.165, 1.54) is 0 Å². The lowest BCUT2D eigenvalue weighted by Gasteiger charge is -2.30. The zero-order valence-corrected chi connectivity index (χ0v) is 21.7. The van der Waals surface area contributed by atoms with Crippen molar-refractivity contribution < 1.29 is 42.7 Å². The van der Waals surface area contributed by atoms with Crippen molar-refractivity contribution in [1.82, 2.24) is 5.32 Å². The van der Waals surface area contributed by atoms with Crippen LogP contribution in [0.25, 0.3) is 0 Å². The summed E-state index contributed by atoms with van der Waals surface area (Å²) in [6.45, 7) is 11.4. The molecule has 1 amide bonds. The Hall–Kier alpha value is -2.24. The van der Waals surface area contributed by atoms with Gasteiger partial charge in [-0.15, -0.1) is 0 Å². The van der Waals surface area contributed by atoms with Crippen molar-refractivity contribution in [3.63, 3.8) is 0 Å². The van der Waals surface area contributed by atoms with Crippen LogP contribution in [0.15, 0.2) is 30.3 Å². The van der Waals surface area contributed by atoms with Gasteiger partial charge in [0.05, 0.1) is 6.61 Å². The molecule has 1 N–H and O–H groups in total. The minimum Gasteiger partial charge on any atom is -0.455 e. The smallest absolute Gasteiger partial charge is 0.408 e. The van der Waals surface area contributed by atoms with Gasteiger partial charge >= 0.3 is 12.1 Å². The average molecular weight is 508 g/mol. The molecule has 3 fully saturated rings. The van der Waals surface area contributed by atoms with Crippen molar-refractivity contribution in [3.05, 3.63) is 35.9 Å². The van der Waals surface area contributed by atoms with Crippen molar-refractivity contribution in [3.8, 4) is 0 Å². The quantitative estimate of drug-likeness (QED) is 0.530. The lowest BCUT2D eigenvalue weighted by atomic mass is 10.0. The third-order valence-electron chi connectivity index (χ3n) is 6.17. The van der Waals surface area contributed by atoms with Crippen molar-refractivity contribution >= 4 is 12.1 Å². The van der Waals surface area contributed by atoms with E-state index in [4.69, 9.17) is 33.2 Å². The highest BCUT2D eigenvalue weighted by atomic mass is 16.8. The SMILES string of the molecule is CC(C)C[C@@H](NC(=O)OCc1ccccc1)C(=O)O[C@@H]1[C@H]([C@@H]2COC(C)(C)O2)O[C@H]2OC(C)(C)O[C@@H]21. The fourth-order valence-electron chi connectivity index (χ4n) is 4.62. The predicted octanol–water partition coefficient (Wildman–Crippen LogP) is 3.27. The molecule has 1 aromatic rings. The molecule has 0 aromatic heterocycles. The number of carbonyl (C=O) groups is 2. The Morgan fingerprint density at radius 3 is 2.39 bits per heavy atom. The van der Waals surface area contributed by atoms with Crippen LogP contribution < -0.4 is 5.32 Å². The molecule has 3 heterocycles. The number of alkyl carbamates (subject to hydrolysis) is 1. The monoisotopic (exact) mass is 507 g/mol. The summed E-state index contributed by atoms with van der Waals surface area (Å²) in [5.41, 5.74) is 0.843. The number of hydrogen-bond donors (Lipinski definition) is 1. The van der Waals surface area contributed by atoms with Crippen LogP contribution >= 0.6 is 0 Å². The molecule has 0 spiro atoms. The van der Waals surface area contributed by atoms with E-state index in [2.05, 4.69) is 5.32 Å². The minimum atomic E-state index is -0.916. The van der Waals surface area contributed by atoms with Gasteiger partial charge in [0.25, 0.3) is 0 Å². The van der Waals surface area contributed by atoms with Crippen molar-refractivity contribution in [1.29, 1.82) is 0 Å².